The van der Waals surface area contributed by atoms with E-state index < -0.39 is 0 Å². The lowest BCUT2D eigenvalue weighted by molar-refractivity contribution is 0.0606. The second kappa shape index (κ2) is 3.11. The van der Waals surface area contributed by atoms with Gasteiger partial charge in [0.25, 0.3) is 0 Å². The normalized spacial score (nSPS) is 32.2. The Morgan fingerprint density at radius 2 is 2.18 bits per heavy atom. The van der Waals surface area contributed by atoms with Crippen LogP contribution in [0.25, 0.3) is 0 Å². The fourth-order valence-electron chi connectivity index (χ4n) is 1.79. The molecule has 0 aromatic heterocycles. The van der Waals surface area contributed by atoms with E-state index in [0.717, 1.165) is 6.54 Å². The van der Waals surface area contributed by atoms with Gasteiger partial charge in [-0.15, -0.1) is 0 Å². The van der Waals surface area contributed by atoms with Crippen LogP contribution in [0.15, 0.2) is 0 Å². The molecule has 11 heavy (non-hydrogen) atoms. The molecular formula is C9H20N2. The van der Waals surface area contributed by atoms with E-state index in [4.69, 9.17) is 0 Å². The van der Waals surface area contributed by atoms with E-state index in [0.29, 0.717) is 11.6 Å². The van der Waals surface area contributed by atoms with Crippen LogP contribution < -0.4 is 5.32 Å². The lowest BCUT2D eigenvalue weighted by Crippen LogP contribution is -2.62. The van der Waals surface area contributed by atoms with Crippen molar-refractivity contribution in [1.82, 2.24) is 10.2 Å². The van der Waals surface area contributed by atoms with Gasteiger partial charge in [0.2, 0.25) is 0 Å². The van der Waals surface area contributed by atoms with Crippen molar-refractivity contribution in [3.05, 3.63) is 0 Å². The Kier molecular flexibility index (Phi) is 2.55. The third-order valence-corrected chi connectivity index (χ3v) is 3.09. The van der Waals surface area contributed by atoms with E-state index in [-0.39, 0.29) is 0 Å². The Hall–Kier alpha value is -0.0800. The highest BCUT2D eigenvalue weighted by Gasteiger charge is 2.34. The Morgan fingerprint density at radius 1 is 1.55 bits per heavy atom. The molecule has 1 unspecified atom stereocenters. The van der Waals surface area contributed by atoms with E-state index in [1.807, 2.05) is 0 Å². The number of piperazine rings is 1. The minimum atomic E-state index is 0.326. The molecule has 0 aliphatic carbocycles. The van der Waals surface area contributed by atoms with Crippen LogP contribution in [0.3, 0.4) is 0 Å². The molecule has 1 atom stereocenters. The summed E-state index contributed by atoms with van der Waals surface area (Å²) in [6.45, 7) is 12.6. The van der Waals surface area contributed by atoms with Gasteiger partial charge in [-0.3, -0.25) is 4.90 Å². The van der Waals surface area contributed by atoms with E-state index in [2.05, 4.69) is 37.9 Å². The van der Waals surface area contributed by atoms with Gasteiger partial charge in [-0.05, 0) is 27.3 Å². The predicted molar refractivity (Wildman–Crippen MR) is 48.8 cm³/mol. The summed E-state index contributed by atoms with van der Waals surface area (Å²) in [6.07, 6.45) is 0. The number of hydrogen-bond donors (Lipinski definition) is 1. The molecular weight excluding hydrogens is 136 g/mol. The molecule has 0 amide bonds. The van der Waals surface area contributed by atoms with Crippen LogP contribution in [-0.4, -0.2) is 36.1 Å². The van der Waals surface area contributed by atoms with Gasteiger partial charge >= 0.3 is 0 Å². The van der Waals surface area contributed by atoms with Crippen molar-refractivity contribution in [1.29, 1.82) is 0 Å². The fraction of sp³-hybridized carbons (Fsp3) is 1.00. The minimum absolute atomic E-state index is 0.326. The number of nitrogens with zero attached hydrogens (tertiary/aromatic N) is 1. The van der Waals surface area contributed by atoms with Gasteiger partial charge in [-0.25, -0.2) is 0 Å². The second-order valence-electron chi connectivity index (χ2n) is 3.91. The van der Waals surface area contributed by atoms with Crippen LogP contribution in [0.2, 0.25) is 0 Å². The lowest BCUT2D eigenvalue weighted by atomic mass is 9.91. The molecule has 0 aromatic rings. The maximum Gasteiger partial charge on any atom is 0.0303 e. The first-order chi connectivity index (χ1) is 5.09. The Balaban J connectivity index is 2.64. The van der Waals surface area contributed by atoms with E-state index in [9.17, 15) is 0 Å². The number of nitrogens with one attached hydrogen (secondary N) is 1. The molecule has 0 bridgehead atoms. The Labute approximate surface area is 70.0 Å². The molecule has 1 fully saturated rings. The highest BCUT2D eigenvalue weighted by atomic mass is 15.3. The van der Waals surface area contributed by atoms with Crippen molar-refractivity contribution in [3.8, 4) is 0 Å². The molecule has 1 aliphatic heterocycles. The molecule has 0 saturated carbocycles. The van der Waals surface area contributed by atoms with Gasteiger partial charge in [-0.1, -0.05) is 6.92 Å². The van der Waals surface area contributed by atoms with Gasteiger partial charge in [0.15, 0.2) is 0 Å². The number of likely N-dealkylation sites (N-methyl/N-ethyl adjacent to an activating group) is 1. The molecule has 1 N–H and O–H groups in total. The summed E-state index contributed by atoms with van der Waals surface area (Å²) in [5.74, 6) is 0. The zero-order valence-electron chi connectivity index (χ0n) is 8.15. The van der Waals surface area contributed by atoms with Gasteiger partial charge in [0, 0.05) is 24.7 Å². The van der Waals surface area contributed by atoms with Crippen molar-refractivity contribution >= 4 is 0 Å². The van der Waals surface area contributed by atoms with Gasteiger partial charge in [0.1, 0.15) is 0 Å². The number of rotatable bonds is 1. The average Bonchev–Trinajstić information content (AvgIpc) is 1.95. The summed E-state index contributed by atoms with van der Waals surface area (Å²) in [5, 5.41) is 3.49. The largest absolute Gasteiger partial charge is 0.311 e. The van der Waals surface area contributed by atoms with Gasteiger partial charge < -0.3 is 5.32 Å². The summed E-state index contributed by atoms with van der Waals surface area (Å²) < 4.78 is 0. The average molecular weight is 156 g/mol. The van der Waals surface area contributed by atoms with Gasteiger partial charge in [0.05, 0.1) is 0 Å². The zero-order chi connectivity index (χ0) is 8.48. The summed E-state index contributed by atoms with van der Waals surface area (Å²) >= 11 is 0. The van der Waals surface area contributed by atoms with Crippen LogP contribution in [0.5, 0.6) is 0 Å². The lowest BCUT2D eigenvalue weighted by Gasteiger charge is -2.47. The fourth-order valence-corrected chi connectivity index (χ4v) is 1.79. The molecule has 0 aromatic carbocycles. The third-order valence-electron chi connectivity index (χ3n) is 3.09. The van der Waals surface area contributed by atoms with E-state index in [1.54, 1.807) is 0 Å². The van der Waals surface area contributed by atoms with Crippen molar-refractivity contribution in [2.45, 2.75) is 39.3 Å². The summed E-state index contributed by atoms with van der Waals surface area (Å²) in [6, 6.07) is 0.608. The quantitative estimate of drug-likeness (QED) is 0.611. The van der Waals surface area contributed by atoms with Crippen molar-refractivity contribution in [2.75, 3.05) is 19.6 Å². The zero-order valence-corrected chi connectivity index (χ0v) is 8.15. The van der Waals surface area contributed by atoms with Crippen molar-refractivity contribution in [2.24, 2.45) is 0 Å². The maximum atomic E-state index is 3.49. The summed E-state index contributed by atoms with van der Waals surface area (Å²) in [4.78, 5) is 2.54. The Bertz CT molecular complexity index is 132. The van der Waals surface area contributed by atoms with Crippen LogP contribution in [0.4, 0.5) is 0 Å². The van der Waals surface area contributed by atoms with Crippen molar-refractivity contribution in [3.63, 3.8) is 0 Å². The third kappa shape index (κ3) is 1.57. The molecule has 1 heterocycles. The highest BCUT2D eigenvalue weighted by molar-refractivity contribution is 4.94. The molecule has 0 radical (unpaired) electrons. The SMILES string of the molecule is CCN1CCNC(C)C1(C)C. The number of hydrogen-bond acceptors (Lipinski definition) is 2. The second-order valence-corrected chi connectivity index (χ2v) is 3.91. The summed E-state index contributed by atoms with van der Waals surface area (Å²) in [5.41, 5.74) is 0.326. The van der Waals surface area contributed by atoms with Crippen LogP contribution >= 0.6 is 0 Å². The topological polar surface area (TPSA) is 15.3 Å². The predicted octanol–water partition coefficient (Wildman–Crippen LogP) is 1.08. The highest BCUT2D eigenvalue weighted by Crippen LogP contribution is 2.20. The van der Waals surface area contributed by atoms with Crippen molar-refractivity contribution < 1.29 is 0 Å². The first-order valence-electron chi connectivity index (χ1n) is 4.57. The summed E-state index contributed by atoms with van der Waals surface area (Å²) in [7, 11) is 0. The molecule has 66 valence electrons. The van der Waals surface area contributed by atoms with Gasteiger partial charge in [-0.2, -0.15) is 0 Å². The molecule has 0 spiro atoms. The molecule has 1 saturated heterocycles. The van der Waals surface area contributed by atoms with Crippen LogP contribution in [0, 0.1) is 0 Å². The molecule has 2 nitrogen and oxygen atoms in total. The Morgan fingerprint density at radius 3 is 2.64 bits per heavy atom. The van der Waals surface area contributed by atoms with E-state index in [1.165, 1.54) is 13.1 Å². The monoisotopic (exact) mass is 156 g/mol. The first-order valence-corrected chi connectivity index (χ1v) is 4.57. The standard InChI is InChI=1S/C9H20N2/c1-5-11-7-6-10-8(2)9(11,3)4/h8,10H,5-7H2,1-4H3. The van der Waals surface area contributed by atoms with Crippen LogP contribution in [0.1, 0.15) is 27.7 Å². The maximum absolute atomic E-state index is 3.49. The van der Waals surface area contributed by atoms with E-state index >= 15 is 0 Å². The minimum Gasteiger partial charge on any atom is -0.311 e. The smallest absolute Gasteiger partial charge is 0.0303 e. The molecule has 2 heteroatoms. The van der Waals surface area contributed by atoms with Crippen LogP contribution in [-0.2, 0) is 0 Å². The molecule has 1 rings (SSSR count). The first kappa shape index (κ1) is 9.01. The molecule has 1 aliphatic rings.